The molecule has 1 aliphatic heterocycles. The summed E-state index contributed by atoms with van der Waals surface area (Å²) in [6.07, 6.45) is 3.27. The predicted octanol–water partition coefficient (Wildman–Crippen LogP) is 4.01. The summed E-state index contributed by atoms with van der Waals surface area (Å²) in [6, 6.07) is 15.4. The summed E-state index contributed by atoms with van der Waals surface area (Å²) in [5, 5.41) is 3.49. The van der Waals surface area contributed by atoms with Crippen LogP contribution in [0.5, 0.6) is 0 Å². The Hall–Kier alpha value is -1.61. The highest BCUT2D eigenvalue weighted by Gasteiger charge is 2.15. The molecule has 0 aliphatic carbocycles. The second-order valence-electron chi connectivity index (χ2n) is 5.22. The fourth-order valence-corrected chi connectivity index (χ4v) is 3.05. The lowest BCUT2D eigenvalue weighted by atomic mass is 10.1. The van der Waals surface area contributed by atoms with E-state index in [1.54, 1.807) is 11.8 Å². The summed E-state index contributed by atoms with van der Waals surface area (Å²) >= 11 is 1.77. The molecule has 0 saturated carbocycles. The molecule has 0 unspecified atom stereocenters. The molecule has 0 atom stereocenters. The van der Waals surface area contributed by atoms with Crippen LogP contribution in [0.15, 0.2) is 47.4 Å². The van der Waals surface area contributed by atoms with Gasteiger partial charge in [-0.1, -0.05) is 12.1 Å². The topological polar surface area (TPSA) is 15.3 Å². The highest BCUT2D eigenvalue weighted by Crippen LogP contribution is 2.27. The second-order valence-corrected chi connectivity index (χ2v) is 6.10. The van der Waals surface area contributed by atoms with Crippen molar-refractivity contribution in [2.75, 3.05) is 30.1 Å². The summed E-state index contributed by atoms with van der Waals surface area (Å²) in [4.78, 5) is 3.63. The monoisotopic (exact) mass is 284 g/mol. The summed E-state index contributed by atoms with van der Waals surface area (Å²) < 4.78 is 0. The number of anilines is 2. The summed E-state index contributed by atoms with van der Waals surface area (Å²) in [7, 11) is 2.16. The van der Waals surface area contributed by atoms with E-state index in [-0.39, 0.29) is 0 Å². The van der Waals surface area contributed by atoms with Crippen LogP contribution in [-0.2, 0) is 13.0 Å². The molecule has 104 valence electrons. The number of benzene rings is 2. The van der Waals surface area contributed by atoms with Crippen molar-refractivity contribution in [3.05, 3.63) is 53.6 Å². The van der Waals surface area contributed by atoms with E-state index in [1.807, 2.05) is 0 Å². The maximum atomic E-state index is 3.49. The number of rotatable bonds is 4. The molecule has 0 spiro atoms. The average Bonchev–Trinajstić information content (AvgIpc) is 2.87. The zero-order valence-electron chi connectivity index (χ0n) is 12.0. The lowest BCUT2D eigenvalue weighted by Gasteiger charge is -2.13. The van der Waals surface area contributed by atoms with Crippen molar-refractivity contribution in [1.82, 2.24) is 0 Å². The third-order valence-electron chi connectivity index (χ3n) is 3.86. The van der Waals surface area contributed by atoms with Gasteiger partial charge in [-0.05, 0) is 54.1 Å². The van der Waals surface area contributed by atoms with Gasteiger partial charge in [0.2, 0.25) is 0 Å². The van der Waals surface area contributed by atoms with Gasteiger partial charge >= 0.3 is 0 Å². The Kier molecular flexibility index (Phi) is 3.88. The molecule has 1 N–H and O–H groups in total. The number of nitrogens with zero attached hydrogens (tertiary/aromatic N) is 1. The van der Waals surface area contributed by atoms with Gasteiger partial charge in [0.1, 0.15) is 0 Å². The van der Waals surface area contributed by atoms with Crippen LogP contribution in [-0.4, -0.2) is 19.8 Å². The van der Waals surface area contributed by atoms with E-state index >= 15 is 0 Å². The average molecular weight is 284 g/mol. The number of fused-ring (bicyclic) bond motifs is 1. The van der Waals surface area contributed by atoms with Crippen LogP contribution < -0.4 is 10.2 Å². The first-order valence-corrected chi connectivity index (χ1v) is 8.19. The zero-order valence-corrected chi connectivity index (χ0v) is 12.8. The van der Waals surface area contributed by atoms with Crippen molar-refractivity contribution in [2.24, 2.45) is 0 Å². The van der Waals surface area contributed by atoms with Gasteiger partial charge in [0, 0.05) is 36.4 Å². The van der Waals surface area contributed by atoms with Crippen molar-refractivity contribution >= 4 is 23.1 Å². The zero-order chi connectivity index (χ0) is 13.9. The fourth-order valence-electron chi connectivity index (χ4n) is 2.64. The van der Waals surface area contributed by atoms with E-state index in [9.17, 15) is 0 Å². The van der Waals surface area contributed by atoms with Crippen molar-refractivity contribution in [1.29, 1.82) is 0 Å². The van der Waals surface area contributed by atoms with Crippen LogP contribution >= 0.6 is 11.8 Å². The Morgan fingerprint density at radius 1 is 1.15 bits per heavy atom. The molecule has 2 aromatic carbocycles. The van der Waals surface area contributed by atoms with Gasteiger partial charge in [-0.2, -0.15) is 0 Å². The van der Waals surface area contributed by atoms with Crippen LogP contribution in [0.3, 0.4) is 0 Å². The van der Waals surface area contributed by atoms with Crippen LogP contribution in [0.2, 0.25) is 0 Å². The lowest BCUT2D eigenvalue weighted by molar-refractivity contribution is 0.955. The van der Waals surface area contributed by atoms with Gasteiger partial charge in [0.15, 0.2) is 0 Å². The lowest BCUT2D eigenvalue weighted by Crippen LogP contribution is -2.12. The molecular formula is C17H20N2S. The van der Waals surface area contributed by atoms with Gasteiger partial charge in [-0.25, -0.2) is 0 Å². The third kappa shape index (κ3) is 2.78. The minimum absolute atomic E-state index is 0.885. The van der Waals surface area contributed by atoms with Crippen LogP contribution in [0.1, 0.15) is 11.1 Å². The van der Waals surface area contributed by atoms with Gasteiger partial charge in [-0.3, -0.25) is 0 Å². The molecule has 3 rings (SSSR count). The minimum Gasteiger partial charge on any atom is -0.381 e. The predicted molar refractivity (Wildman–Crippen MR) is 89.0 cm³/mol. The number of hydrogen-bond donors (Lipinski definition) is 1. The highest BCUT2D eigenvalue weighted by atomic mass is 32.2. The largest absolute Gasteiger partial charge is 0.381 e. The van der Waals surface area contributed by atoms with E-state index in [2.05, 4.69) is 66.0 Å². The van der Waals surface area contributed by atoms with Gasteiger partial charge in [0.25, 0.3) is 0 Å². The second kappa shape index (κ2) is 5.80. The van der Waals surface area contributed by atoms with Crippen molar-refractivity contribution < 1.29 is 0 Å². The first kappa shape index (κ1) is 13.4. The third-order valence-corrected chi connectivity index (χ3v) is 4.60. The number of thioether (sulfide) groups is 1. The molecule has 20 heavy (non-hydrogen) atoms. The first-order valence-electron chi connectivity index (χ1n) is 6.97. The van der Waals surface area contributed by atoms with E-state index in [1.165, 1.54) is 33.8 Å². The Morgan fingerprint density at radius 3 is 2.70 bits per heavy atom. The Labute approximate surface area is 125 Å². The molecular weight excluding hydrogens is 264 g/mol. The van der Waals surface area contributed by atoms with Crippen LogP contribution in [0, 0.1) is 0 Å². The van der Waals surface area contributed by atoms with E-state index in [0.29, 0.717) is 0 Å². The van der Waals surface area contributed by atoms with E-state index in [0.717, 1.165) is 13.1 Å². The summed E-state index contributed by atoms with van der Waals surface area (Å²) in [5.41, 5.74) is 5.40. The number of hydrogen-bond acceptors (Lipinski definition) is 3. The molecule has 2 nitrogen and oxygen atoms in total. The molecule has 1 heterocycles. The smallest absolute Gasteiger partial charge is 0.0400 e. The van der Waals surface area contributed by atoms with Gasteiger partial charge in [0.05, 0.1) is 0 Å². The van der Waals surface area contributed by atoms with Crippen molar-refractivity contribution in [3.63, 3.8) is 0 Å². The molecule has 0 bridgehead atoms. The molecule has 2 aromatic rings. The summed E-state index contributed by atoms with van der Waals surface area (Å²) in [5.74, 6) is 0. The highest BCUT2D eigenvalue weighted by molar-refractivity contribution is 7.98. The normalized spacial score (nSPS) is 13.4. The van der Waals surface area contributed by atoms with Crippen molar-refractivity contribution in [2.45, 2.75) is 17.9 Å². The quantitative estimate of drug-likeness (QED) is 0.854. The van der Waals surface area contributed by atoms with Gasteiger partial charge < -0.3 is 10.2 Å². The number of nitrogens with one attached hydrogen (secondary N) is 1. The van der Waals surface area contributed by atoms with Gasteiger partial charge in [-0.15, -0.1) is 11.8 Å². The standard InChI is InChI=1S/C17H20N2S/c1-19-10-9-14-11-13(3-8-17(14)19)12-18-15-4-6-16(20-2)7-5-15/h3-8,11,18H,9-10,12H2,1-2H3. The molecule has 0 radical (unpaired) electrons. The van der Waals surface area contributed by atoms with Crippen molar-refractivity contribution in [3.8, 4) is 0 Å². The summed E-state index contributed by atoms with van der Waals surface area (Å²) in [6.45, 7) is 2.03. The maximum absolute atomic E-state index is 3.49. The fraction of sp³-hybridized carbons (Fsp3) is 0.294. The molecule has 0 fully saturated rings. The number of likely N-dealkylation sites (N-methyl/N-ethyl adjacent to an activating group) is 1. The molecule has 0 saturated heterocycles. The Morgan fingerprint density at radius 2 is 1.95 bits per heavy atom. The Balaban J connectivity index is 1.66. The van der Waals surface area contributed by atoms with E-state index < -0.39 is 0 Å². The van der Waals surface area contributed by atoms with Crippen LogP contribution in [0.4, 0.5) is 11.4 Å². The molecule has 1 aliphatic rings. The molecule has 0 aromatic heterocycles. The first-order chi connectivity index (χ1) is 9.76. The SMILES string of the molecule is CSc1ccc(NCc2ccc3c(c2)CCN3C)cc1. The minimum atomic E-state index is 0.885. The molecule has 3 heteroatoms. The van der Waals surface area contributed by atoms with E-state index in [4.69, 9.17) is 0 Å². The Bertz CT molecular complexity index is 592. The molecule has 0 amide bonds. The van der Waals surface area contributed by atoms with Crippen LogP contribution in [0.25, 0.3) is 0 Å². The maximum Gasteiger partial charge on any atom is 0.0400 e.